The van der Waals surface area contributed by atoms with Crippen LogP contribution in [0, 0.1) is 17.1 Å². The Bertz CT molecular complexity index is 1820. The fourth-order valence-corrected chi connectivity index (χ4v) is 6.55. The first-order valence-corrected chi connectivity index (χ1v) is 16.1. The molecule has 2 aliphatic rings. The Labute approximate surface area is 274 Å². The maximum absolute atomic E-state index is 15.6. The summed E-state index contributed by atoms with van der Waals surface area (Å²) in [6.07, 6.45) is 4.59. The Kier molecular flexibility index (Phi) is 9.20. The van der Waals surface area contributed by atoms with E-state index in [1.807, 2.05) is 24.3 Å². The van der Waals surface area contributed by atoms with Gasteiger partial charge in [0.25, 0.3) is 5.91 Å². The van der Waals surface area contributed by atoms with Gasteiger partial charge in [0, 0.05) is 56.4 Å². The molecule has 244 valence electrons. The van der Waals surface area contributed by atoms with Gasteiger partial charge in [0.05, 0.1) is 11.4 Å². The number of carbonyl (C=O) groups excluding carboxylic acids is 1. The van der Waals surface area contributed by atoms with Crippen LogP contribution in [0.4, 0.5) is 10.2 Å². The van der Waals surface area contributed by atoms with E-state index in [4.69, 9.17) is 15.6 Å². The number of aromatic nitrogens is 4. The molecule has 0 aliphatic carbocycles. The van der Waals surface area contributed by atoms with Crippen molar-refractivity contribution in [3.05, 3.63) is 72.3 Å². The van der Waals surface area contributed by atoms with Crippen molar-refractivity contribution in [3.8, 4) is 28.8 Å². The Hall–Kier alpha value is -4.86. The number of carbonyl (C=O) groups is 1. The molecule has 2 aromatic carbocycles. The van der Waals surface area contributed by atoms with Crippen LogP contribution in [-0.2, 0) is 4.79 Å². The number of hydrogen-bond acceptors (Lipinski definition) is 9. The van der Waals surface area contributed by atoms with Crippen LogP contribution in [0.1, 0.15) is 39.7 Å². The normalized spacial score (nSPS) is 18.3. The molecule has 0 bridgehead atoms. The van der Waals surface area contributed by atoms with Gasteiger partial charge in [0.2, 0.25) is 0 Å². The van der Waals surface area contributed by atoms with Gasteiger partial charge in [-0.2, -0.15) is 10.4 Å². The number of piperazine rings is 1. The average Bonchev–Trinajstić information content (AvgIpc) is 3.48. The van der Waals surface area contributed by atoms with Crippen molar-refractivity contribution in [2.45, 2.75) is 45.2 Å². The second-order valence-electron chi connectivity index (χ2n) is 12.6. The third-order valence-electron chi connectivity index (χ3n) is 9.21. The van der Waals surface area contributed by atoms with Crippen LogP contribution >= 0.6 is 0 Å². The summed E-state index contributed by atoms with van der Waals surface area (Å²) in [5.74, 6) is 0.288. The highest BCUT2D eigenvalue weighted by Crippen LogP contribution is 2.36. The minimum Gasteiger partial charge on any atom is -0.457 e. The smallest absolute Gasteiger partial charge is 0.264 e. The standard InChI is InChI=1S/C35H40FN9O2/c1-4-42-15-17-44(18-16-42)35(2,3)20-24(21-37)34(46)43-14-8-9-25(22-43)45-33-30(32(38)39-23-40-33)31(41-45)28-13-12-27(19-29(28)36)47-26-10-6-5-7-11-26/h5-7,10-13,19-20,23,25H,4,8-9,14-18,22H2,1-3H3,(H2,38,39,40)/t25-/m0/s1. The number of nitrogen functional groups attached to an aromatic ring is 1. The molecular weight excluding hydrogens is 597 g/mol. The largest absolute Gasteiger partial charge is 0.457 e. The van der Waals surface area contributed by atoms with E-state index in [0.717, 1.165) is 39.1 Å². The molecule has 2 fully saturated rings. The number of ether oxygens (including phenoxy) is 1. The predicted octanol–water partition coefficient (Wildman–Crippen LogP) is 5.04. The van der Waals surface area contributed by atoms with E-state index in [1.54, 1.807) is 33.8 Å². The molecule has 0 radical (unpaired) electrons. The van der Waals surface area contributed by atoms with E-state index >= 15 is 4.39 Å². The molecule has 0 unspecified atom stereocenters. The molecule has 2 aromatic heterocycles. The first-order chi connectivity index (χ1) is 22.7. The molecule has 12 heteroatoms. The summed E-state index contributed by atoms with van der Waals surface area (Å²) >= 11 is 0. The quantitative estimate of drug-likeness (QED) is 0.209. The van der Waals surface area contributed by atoms with Gasteiger partial charge in [-0.05, 0) is 63.6 Å². The number of benzene rings is 2. The zero-order chi connectivity index (χ0) is 33.1. The van der Waals surface area contributed by atoms with Gasteiger partial charge in [-0.1, -0.05) is 25.1 Å². The Morgan fingerprint density at radius 1 is 1.11 bits per heavy atom. The van der Waals surface area contributed by atoms with Crippen molar-refractivity contribution < 1.29 is 13.9 Å². The van der Waals surface area contributed by atoms with Crippen molar-refractivity contribution in [2.75, 3.05) is 51.5 Å². The molecule has 6 rings (SSSR count). The summed E-state index contributed by atoms with van der Waals surface area (Å²) in [5.41, 5.74) is 7.00. The lowest BCUT2D eigenvalue weighted by atomic mass is 9.96. The highest BCUT2D eigenvalue weighted by molar-refractivity contribution is 5.99. The number of para-hydroxylation sites is 1. The average molecular weight is 638 g/mol. The third kappa shape index (κ3) is 6.68. The summed E-state index contributed by atoms with van der Waals surface area (Å²) < 4.78 is 23.2. The maximum Gasteiger partial charge on any atom is 0.264 e. The van der Waals surface area contributed by atoms with E-state index in [0.29, 0.717) is 47.7 Å². The molecule has 2 saturated heterocycles. The molecule has 47 heavy (non-hydrogen) atoms. The van der Waals surface area contributed by atoms with Crippen molar-refractivity contribution in [1.82, 2.24) is 34.4 Å². The number of fused-ring (bicyclic) bond motifs is 1. The van der Waals surface area contributed by atoms with Gasteiger partial charge in [-0.3, -0.25) is 9.69 Å². The van der Waals surface area contributed by atoms with Gasteiger partial charge in [-0.25, -0.2) is 19.0 Å². The number of rotatable bonds is 8. The van der Waals surface area contributed by atoms with E-state index in [2.05, 4.69) is 46.6 Å². The minimum atomic E-state index is -0.531. The summed E-state index contributed by atoms with van der Waals surface area (Å²) in [5, 5.41) is 15.4. The van der Waals surface area contributed by atoms with Crippen LogP contribution < -0.4 is 10.5 Å². The lowest BCUT2D eigenvalue weighted by Gasteiger charge is -2.42. The topological polar surface area (TPSA) is 129 Å². The SMILES string of the molecule is CCN1CCN(C(C)(C)C=C(C#N)C(=O)N2CCC[C@H](n3nc(-c4ccc(Oc5ccccc5)cc4F)c4c(N)ncnc43)C2)CC1. The molecule has 1 atom stereocenters. The van der Waals surface area contributed by atoms with Gasteiger partial charge in [0.1, 0.15) is 46.8 Å². The Morgan fingerprint density at radius 2 is 1.87 bits per heavy atom. The molecule has 4 aromatic rings. The fraction of sp³-hybridized carbons (Fsp3) is 0.400. The van der Waals surface area contributed by atoms with Gasteiger partial charge in [-0.15, -0.1) is 0 Å². The highest BCUT2D eigenvalue weighted by Gasteiger charge is 2.33. The second kappa shape index (κ2) is 13.5. The summed E-state index contributed by atoms with van der Waals surface area (Å²) in [7, 11) is 0. The van der Waals surface area contributed by atoms with E-state index in [-0.39, 0.29) is 28.9 Å². The third-order valence-corrected chi connectivity index (χ3v) is 9.21. The molecule has 2 N–H and O–H groups in total. The van der Waals surface area contributed by atoms with E-state index in [9.17, 15) is 10.1 Å². The lowest BCUT2D eigenvalue weighted by molar-refractivity contribution is -0.128. The number of halogens is 1. The highest BCUT2D eigenvalue weighted by atomic mass is 19.1. The van der Waals surface area contributed by atoms with E-state index < -0.39 is 11.4 Å². The van der Waals surface area contributed by atoms with Crippen LogP contribution in [0.3, 0.4) is 0 Å². The van der Waals surface area contributed by atoms with Crippen molar-refractivity contribution in [1.29, 1.82) is 5.26 Å². The number of likely N-dealkylation sites (N-methyl/N-ethyl adjacent to an activating group) is 1. The van der Waals surface area contributed by atoms with Crippen LogP contribution in [0.25, 0.3) is 22.3 Å². The summed E-state index contributed by atoms with van der Waals surface area (Å²) in [6.45, 7) is 11.8. The molecule has 4 heterocycles. The first-order valence-electron chi connectivity index (χ1n) is 16.1. The fourth-order valence-electron chi connectivity index (χ4n) is 6.55. The van der Waals surface area contributed by atoms with Crippen LogP contribution in [0.2, 0.25) is 0 Å². The second-order valence-corrected chi connectivity index (χ2v) is 12.6. The van der Waals surface area contributed by atoms with Crippen molar-refractivity contribution in [2.24, 2.45) is 0 Å². The number of anilines is 1. The molecule has 1 amide bonds. The lowest BCUT2D eigenvalue weighted by Crippen LogP contribution is -2.54. The van der Waals surface area contributed by atoms with Crippen LogP contribution in [-0.4, -0.2) is 91.7 Å². The van der Waals surface area contributed by atoms with Crippen LogP contribution in [0.5, 0.6) is 11.5 Å². The van der Waals surface area contributed by atoms with Crippen molar-refractivity contribution >= 4 is 22.8 Å². The number of piperidine rings is 1. The molecular formula is C35H40FN9O2. The first kappa shape index (κ1) is 32.1. The zero-order valence-electron chi connectivity index (χ0n) is 27.1. The Balaban J connectivity index is 1.26. The van der Waals surface area contributed by atoms with E-state index in [1.165, 1.54) is 12.4 Å². The number of amides is 1. The number of nitrogens with zero attached hydrogens (tertiary/aromatic N) is 8. The summed E-state index contributed by atoms with van der Waals surface area (Å²) in [4.78, 5) is 28.9. The summed E-state index contributed by atoms with van der Waals surface area (Å²) in [6, 6.07) is 15.7. The number of hydrogen-bond donors (Lipinski definition) is 1. The zero-order valence-corrected chi connectivity index (χ0v) is 27.1. The molecule has 11 nitrogen and oxygen atoms in total. The number of nitriles is 1. The number of nitrogens with two attached hydrogens (primary N) is 1. The predicted molar refractivity (Wildman–Crippen MR) is 178 cm³/mol. The van der Waals surface area contributed by atoms with Crippen LogP contribution in [0.15, 0.2) is 66.5 Å². The molecule has 0 saturated carbocycles. The molecule has 2 aliphatic heterocycles. The van der Waals surface area contributed by atoms with Gasteiger partial charge in [0.15, 0.2) is 5.65 Å². The Morgan fingerprint density at radius 3 is 2.57 bits per heavy atom. The van der Waals surface area contributed by atoms with Gasteiger partial charge < -0.3 is 20.3 Å². The molecule has 0 spiro atoms. The van der Waals surface area contributed by atoms with Crippen molar-refractivity contribution in [3.63, 3.8) is 0 Å². The monoisotopic (exact) mass is 637 g/mol. The van der Waals surface area contributed by atoms with Gasteiger partial charge >= 0.3 is 0 Å². The number of likely N-dealkylation sites (tertiary alicyclic amines) is 1. The maximum atomic E-state index is 15.6. The minimum absolute atomic E-state index is 0.131.